The summed E-state index contributed by atoms with van der Waals surface area (Å²) >= 11 is 0. The highest BCUT2D eigenvalue weighted by atomic mass is 31.2. The van der Waals surface area contributed by atoms with Crippen LogP contribution in [0.25, 0.3) is 0 Å². The molecule has 2 aliphatic rings. The molecule has 14 heteroatoms. The average Bonchev–Trinajstić information content (AvgIpc) is 3.26. The van der Waals surface area contributed by atoms with E-state index in [9.17, 15) is 23.2 Å². The Morgan fingerprint density at radius 3 is 2.66 bits per heavy atom. The molecule has 1 aromatic carbocycles. The summed E-state index contributed by atoms with van der Waals surface area (Å²) in [6, 6.07) is 7.95. The summed E-state index contributed by atoms with van der Waals surface area (Å²) in [4.78, 5) is 15.9. The van der Waals surface area contributed by atoms with Crippen LogP contribution in [-0.4, -0.2) is 58.2 Å². The van der Waals surface area contributed by atoms with Crippen LogP contribution in [-0.2, 0) is 18.3 Å². The number of benzene rings is 1. The van der Waals surface area contributed by atoms with Crippen LogP contribution in [0.3, 0.4) is 0 Å². The number of anilines is 1. The number of aliphatic hydroxyl groups is 2. The topological polar surface area (TPSA) is 141 Å². The molecule has 0 spiro atoms. The second-order valence-electron chi connectivity index (χ2n) is 7.10. The van der Waals surface area contributed by atoms with Gasteiger partial charge >= 0.3 is 19.4 Å². The highest BCUT2D eigenvalue weighted by molar-refractivity contribution is 7.55. The zero-order chi connectivity index (χ0) is 23.1. The zero-order valence-electron chi connectivity index (χ0n) is 16.6. The number of nitrogens with zero attached hydrogens (tertiary/aromatic N) is 2. The SMILES string of the molecule is COc1ccc(C2COP(=O)(Nc3ccn([C@@H]4O[C@H](CO)[C@@H](O)C4(F)F)c(=O)n3)O2)cc1. The van der Waals surface area contributed by atoms with E-state index in [-0.39, 0.29) is 12.4 Å². The van der Waals surface area contributed by atoms with Crippen molar-refractivity contribution in [2.24, 2.45) is 0 Å². The largest absolute Gasteiger partial charge is 0.497 e. The van der Waals surface area contributed by atoms with Gasteiger partial charge in [0.25, 0.3) is 0 Å². The molecule has 5 atom stereocenters. The fraction of sp³-hybridized carbons (Fsp3) is 0.444. The van der Waals surface area contributed by atoms with Gasteiger partial charge in [-0.3, -0.25) is 18.7 Å². The van der Waals surface area contributed by atoms with Gasteiger partial charge in [0.15, 0.2) is 6.10 Å². The van der Waals surface area contributed by atoms with Crippen LogP contribution in [0.15, 0.2) is 41.3 Å². The van der Waals surface area contributed by atoms with Crippen LogP contribution in [0.4, 0.5) is 14.6 Å². The van der Waals surface area contributed by atoms with Crippen molar-refractivity contribution in [1.29, 1.82) is 0 Å². The smallest absolute Gasteiger partial charge is 0.434 e. The van der Waals surface area contributed by atoms with Crippen molar-refractivity contribution in [2.45, 2.75) is 30.5 Å². The Morgan fingerprint density at radius 2 is 2.06 bits per heavy atom. The van der Waals surface area contributed by atoms with Crippen molar-refractivity contribution in [3.63, 3.8) is 0 Å². The summed E-state index contributed by atoms with van der Waals surface area (Å²) in [7, 11) is -2.36. The molecule has 0 aliphatic carbocycles. The standard InChI is InChI=1S/C18H20F2N3O8P/c1-28-11-4-2-10(3-5-11)13-9-29-32(27,31-13)22-14-6-7-23(17(26)21-14)16-18(19,20)15(25)12(8-24)30-16/h2-7,12-13,15-16,24-25H,8-9H2,1H3,(H,21,22,26,27)/t12-,13?,15-,16-,32?/m1/s1. The van der Waals surface area contributed by atoms with Crippen LogP contribution in [0.2, 0.25) is 0 Å². The third-order valence-electron chi connectivity index (χ3n) is 5.04. The van der Waals surface area contributed by atoms with Crippen LogP contribution in [0.5, 0.6) is 5.75 Å². The summed E-state index contributed by atoms with van der Waals surface area (Å²) in [6.07, 6.45) is -5.74. The first kappa shape index (κ1) is 22.8. The number of nitrogens with one attached hydrogen (secondary N) is 1. The molecule has 2 aliphatic heterocycles. The molecule has 2 fully saturated rings. The van der Waals surface area contributed by atoms with Crippen molar-refractivity contribution in [3.05, 3.63) is 52.6 Å². The second kappa shape index (κ2) is 8.50. The van der Waals surface area contributed by atoms with Crippen molar-refractivity contribution in [3.8, 4) is 5.75 Å². The Labute approximate surface area is 180 Å². The monoisotopic (exact) mass is 475 g/mol. The van der Waals surface area contributed by atoms with Gasteiger partial charge in [-0.15, -0.1) is 0 Å². The van der Waals surface area contributed by atoms with Gasteiger partial charge in [0.2, 0.25) is 6.23 Å². The Balaban J connectivity index is 1.48. The lowest BCUT2D eigenvalue weighted by Crippen LogP contribution is -2.41. The van der Waals surface area contributed by atoms with E-state index in [1.807, 2.05) is 0 Å². The highest BCUT2D eigenvalue weighted by Crippen LogP contribution is 2.57. The molecule has 0 amide bonds. The fourth-order valence-electron chi connectivity index (χ4n) is 3.34. The molecule has 32 heavy (non-hydrogen) atoms. The molecule has 2 saturated heterocycles. The number of aliphatic hydroxyl groups excluding tert-OH is 2. The fourth-order valence-corrected chi connectivity index (χ4v) is 4.77. The molecule has 3 N–H and O–H groups in total. The van der Waals surface area contributed by atoms with E-state index in [2.05, 4.69) is 10.1 Å². The van der Waals surface area contributed by atoms with Gasteiger partial charge in [0.1, 0.15) is 23.8 Å². The lowest BCUT2D eigenvalue weighted by molar-refractivity contribution is -0.140. The summed E-state index contributed by atoms with van der Waals surface area (Å²) in [5.41, 5.74) is -0.478. The molecule has 4 rings (SSSR count). The summed E-state index contributed by atoms with van der Waals surface area (Å²) < 4.78 is 62.6. The van der Waals surface area contributed by atoms with E-state index >= 15 is 0 Å². The number of alkyl halides is 2. The average molecular weight is 475 g/mol. The predicted molar refractivity (Wildman–Crippen MR) is 104 cm³/mol. The number of ether oxygens (including phenoxy) is 2. The number of methoxy groups -OCH3 is 1. The van der Waals surface area contributed by atoms with Gasteiger partial charge in [-0.1, -0.05) is 12.1 Å². The van der Waals surface area contributed by atoms with Crippen molar-refractivity contribution in [2.75, 3.05) is 25.4 Å². The van der Waals surface area contributed by atoms with E-state index in [1.165, 1.54) is 7.11 Å². The Kier molecular flexibility index (Phi) is 6.05. The molecule has 0 saturated carbocycles. The first-order valence-corrected chi connectivity index (χ1v) is 11.0. The second-order valence-corrected chi connectivity index (χ2v) is 8.79. The minimum atomic E-state index is -3.89. The van der Waals surface area contributed by atoms with Gasteiger partial charge in [-0.2, -0.15) is 13.8 Å². The minimum absolute atomic E-state index is 0.0315. The number of hydrogen-bond acceptors (Lipinski definition) is 9. The number of rotatable bonds is 6. The van der Waals surface area contributed by atoms with E-state index in [1.54, 1.807) is 24.3 Å². The maximum absolute atomic E-state index is 14.3. The zero-order valence-corrected chi connectivity index (χ0v) is 17.5. The number of aromatic nitrogens is 2. The van der Waals surface area contributed by atoms with Crippen LogP contribution >= 0.6 is 7.75 Å². The van der Waals surface area contributed by atoms with Gasteiger partial charge in [0.05, 0.1) is 20.3 Å². The van der Waals surface area contributed by atoms with E-state index in [0.717, 1.165) is 12.3 Å². The molecule has 0 bridgehead atoms. The molecule has 1 aromatic heterocycles. The van der Waals surface area contributed by atoms with Crippen LogP contribution in [0, 0.1) is 0 Å². The highest BCUT2D eigenvalue weighted by Gasteiger charge is 2.59. The van der Waals surface area contributed by atoms with Crippen LogP contribution in [0.1, 0.15) is 17.9 Å². The van der Waals surface area contributed by atoms with E-state index in [4.69, 9.17) is 23.6 Å². The third kappa shape index (κ3) is 4.15. The molecule has 11 nitrogen and oxygen atoms in total. The molecule has 174 valence electrons. The van der Waals surface area contributed by atoms with Crippen LogP contribution < -0.4 is 15.5 Å². The Hall–Kier alpha value is -2.41. The van der Waals surface area contributed by atoms with Crippen molar-refractivity contribution < 1.29 is 42.1 Å². The normalized spacial score (nSPS) is 31.5. The maximum Gasteiger partial charge on any atom is 0.434 e. The van der Waals surface area contributed by atoms with E-state index in [0.29, 0.717) is 15.9 Å². The van der Waals surface area contributed by atoms with Gasteiger partial charge < -0.3 is 19.7 Å². The molecular weight excluding hydrogens is 455 g/mol. The number of hydrogen-bond donors (Lipinski definition) is 3. The summed E-state index contributed by atoms with van der Waals surface area (Å²) in [6.45, 7) is -0.890. The van der Waals surface area contributed by atoms with Gasteiger partial charge in [-0.05, 0) is 23.8 Å². The van der Waals surface area contributed by atoms with E-state index < -0.39 is 50.5 Å². The Morgan fingerprint density at radius 1 is 1.34 bits per heavy atom. The third-order valence-corrected chi connectivity index (χ3v) is 6.57. The lowest BCUT2D eigenvalue weighted by atomic mass is 10.1. The van der Waals surface area contributed by atoms with Gasteiger partial charge in [0, 0.05) is 6.20 Å². The van der Waals surface area contributed by atoms with Crippen molar-refractivity contribution in [1.82, 2.24) is 9.55 Å². The minimum Gasteiger partial charge on any atom is -0.497 e. The molecule has 0 radical (unpaired) electrons. The maximum atomic E-state index is 14.3. The summed E-state index contributed by atoms with van der Waals surface area (Å²) in [5, 5.41) is 21.1. The quantitative estimate of drug-likeness (QED) is 0.526. The number of halogens is 2. The van der Waals surface area contributed by atoms with Crippen molar-refractivity contribution >= 4 is 13.6 Å². The van der Waals surface area contributed by atoms with Gasteiger partial charge in [-0.25, -0.2) is 9.36 Å². The first-order valence-electron chi connectivity index (χ1n) is 9.43. The molecule has 2 aromatic rings. The molecule has 2 unspecified atom stereocenters. The molecule has 3 heterocycles. The summed E-state index contributed by atoms with van der Waals surface area (Å²) in [5.74, 6) is -3.44. The Bertz CT molecular complexity index is 1080. The predicted octanol–water partition coefficient (Wildman–Crippen LogP) is 1.45. The lowest BCUT2D eigenvalue weighted by Gasteiger charge is -2.21. The molecular formula is C18H20F2N3O8P. The first-order chi connectivity index (χ1) is 15.2.